The lowest BCUT2D eigenvalue weighted by Crippen LogP contribution is -2.23. The second kappa shape index (κ2) is 6.98. The van der Waals surface area contributed by atoms with E-state index >= 15 is 0 Å². The summed E-state index contributed by atoms with van der Waals surface area (Å²) in [6.45, 7) is 1.88. The Hall–Kier alpha value is -0.980. The van der Waals surface area contributed by atoms with Crippen molar-refractivity contribution in [3.8, 4) is 0 Å². The Bertz CT molecular complexity index is 376. The molecule has 1 aliphatic rings. The fraction of sp³-hybridized carbons (Fsp3) is 0.571. The quantitative estimate of drug-likeness (QED) is 0.709. The van der Waals surface area contributed by atoms with Crippen molar-refractivity contribution in [2.45, 2.75) is 24.9 Å². The molecule has 1 heterocycles. The number of ether oxygens (including phenoxy) is 2. The van der Waals surface area contributed by atoms with E-state index < -0.39 is 12.2 Å². The Morgan fingerprint density at radius 3 is 2.42 bits per heavy atom. The van der Waals surface area contributed by atoms with Gasteiger partial charge in [0.1, 0.15) is 6.10 Å². The lowest BCUT2D eigenvalue weighted by atomic mass is 10.0. The molecule has 3 N–H and O–H groups in total. The van der Waals surface area contributed by atoms with Gasteiger partial charge in [-0.05, 0) is 25.6 Å². The summed E-state index contributed by atoms with van der Waals surface area (Å²) >= 11 is 0. The molecule has 1 aliphatic heterocycles. The summed E-state index contributed by atoms with van der Waals surface area (Å²) in [6.07, 6.45) is -1.43. The van der Waals surface area contributed by atoms with Crippen molar-refractivity contribution in [1.29, 1.82) is 0 Å². The van der Waals surface area contributed by atoms with E-state index in [1.54, 1.807) is 12.1 Å². The third-order valence-corrected chi connectivity index (χ3v) is 3.23. The van der Waals surface area contributed by atoms with Crippen LogP contribution < -0.4 is 5.32 Å². The van der Waals surface area contributed by atoms with Crippen LogP contribution >= 0.6 is 0 Å². The largest absolute Gasteiger partial charge is 0.390 e. The number of rotatable bonds is 6. The van der Waals surface area contributed by atoms with Gasteiger partial charge in [0.2, 0.25) is 0 Å². The van der Waals surface area contributed by atoms with Crippen LogP contribution in [0.3, 0.4) is 0 Å². The number of hydrogen-bond acceptors (Lipinski definition) is 5. The van der Waals surface area contributed by atoms with Gasteiger partial charge in [-0.1, -0.05) is 24.3 Å². The standard InChI is InChI=1S/C14H21NO4/c1-15-7-6-12(16)13(17)10-2-4-11(5-3-10)14-18-8-9-19-14/h2-5,12-17H,6-9H2,1H3. The zero-order valence-corrected chi connectivity index (χ0v) is 11.1. The lowest BCUT2D eigenvalue weighted by Gasteiger charge is -2.18. The second-order valence-electron chi connectivity index (χ2n) is 4.64. The van der Waals surface area contributed by atoms with Crippen molar-refractivity contribution >= 4 is 0 Å². The summed E-state index contributed by atoms with van der Waals surface area (Å²) in [5.41, 5.74) is 1.63. The van der Waals surface area contributed by atoms with E-state index in [0.717, 1.165) is 5.56 Å². The molecule has 0 radical (unpaired) electrons. The molecule has 1 fully saturated rings. The van der Waals surface area contributed by atoms with Crippen molar-refractivity contribution in [2.75, 3.05) is 26.8 Å². The molecule has 5 nitrogen and oxygen atoms in total. The molecule has 5 heteroatoms. The molecule has 1 aromatic carbocycles. The minimum Gasteiger partial charge on any atom is -0.390 e. The summed E-state index contributed by atoms with van der Waals surface area (Å²) in [4.78, 5) is 0. The normalized spacial score (nSPS) is 19.5. The predicted molar refractivity (Wildman–Crippen MR) is 70.6 cm³/mol. The molecule has 0 saturated carbocycles. The van der Waals surface area contributed by atoms with E-state index in [9.17, 15) is 10.2 Å². The van der Waals surface area contributed by atoms with E-state index in [4.69, 9.17) is 9.47 Å². The maximum Gasteiger partial charge on any atom is 0.184 e. The van der Waals surface area contributed by atoms with Crippen molar-refractivity contribution in [3.05, 3.63) is 35.4 Å². The van der Waals surface area contributed by atoms with Crippen LogP contribution in [0.25, 0.3) is 0 Å². The van der Waals surface area contributed by atoms with Gasteiger partial charge in [-0.25, -0.2) is 0 Å². The first-order valence-electron chi connectivity index (χ1n) is 6.56. The molecular formula is C14H21NO4. The highest BCUT2D eigenvalue weighted by atomic mass is 16.7. The van der Waals surface area contributed by atoms with Crippen LogP contribution in [0.5, 0.6) is 0 Å². The Kier molecular flexibility index (Phi) is 5.30. The fourth-order valence-corrected chi connectivity index (χ4v) is 2.07. The van der Waals surface area contributed by atoms with E-state index in [-0.39, 0.29) is 6.29 Å². The van der Waals surface area contributed by atoms with E-state index in [1.807, 2.05) is 19.2 Å². The number of aliphatic hydroxyl groups is 2. The van der Waals surface area contributed by atoms with Gasteiger partial charge in [-0.3, -0.25) is 0 Å². The molecule has 2 atom stereocenters. The third kappa shape index (κ3) is 3.75. The van der Waals surface area contributed by atoms with Gasteiger partial charge in [0.25, 0.3) is 0 Å². The Balaban J connectivity index is 1.96. The van der Waals surface area contributed by atoms with E-state index in [0.29, 0.717) is 31.7 Å². The lowest BCUT2D eigenvalue weighted by molar-refractivity contribution is -0.0441. The van der Waals surface area contributed by atoms with Crippen LogP contribution in [-0.4, -0.2) is 43.1 Å². The van der Waals surface area contributed by atoms with E-state index in [1.165, 1.54) is 0 Å². The number of benzene rings is 1. The molecular weight excluding hydrogens is 246 g/mol. The highest BCUT2D eigenvalue weighted by molar-refractivity contribution is 5.25. The third-order valence-electron chi connectivity index (χ3n) is 3.23. The maximum absolute atomic E-state index is 10.0. The van der Waals surface area contributed by atoms with Crippen molar-refractivity contribution in [2.24, 2.45) is 0 Å². The molecule has 0 aromatic heterocycles. The van der Waals surface area contributed by atoms with Crippen molar-refractivity contribution in [1.82, 2.24) is 5.32 Å². The monoisotopic (exact) mass is 267 g/mol. The minimum absolute atomic E-state index is 0.305. The number of hydrogen-bond donors (Lipinski definition) is 3. The summed E-state index contributed by atoms with van der Waals surface area (Å²) in [5.74, 6) is 0. The van der Waals surface area contributed by atoms with Crippen LogP contribution in [0.4, 0.5) is 0 Å². The van der Waals surface area contributed by atoms with Gasteiger partial charge in [-0.15, -0.1) is 0 Å². The maximum atomic E-state index is 10.0. The highest BCUT2D eigenvalue weighted by Gasteiger charge is 2.20. The molecule has 106 valence electrons. The molecule has 0 spiro atoms. The summed E-state index contributed by atoms with van der Waals surface area (Å²) < 4.78 is 10.8. The summed E-state index contributed by atoms with van der Waals surface area (Å²) in [6, 6.07) is 7.32. The molecule has 2 unspecified atom stereocenters. The molecule has 0 bridgehead atoms. The fourth-order valence-electron chi connectivity index (χ4n) is 2.07. The van der Waals surface area contributed by atoms with Gasteiger partial charge >= 0.3 is 0 Å². The number of aliphatic hydroxyl groups excluding tert-OH is 2. The summed E-state index contributed by atoms with van der Waals surface area (Å²) in [7, 11) is 1.81. The SMILES string of the molecule is CNCCC(O)C(O)c1ccc(C2OCCO2)cc1. The van der Waals surface area contributed by atoms with Gasteiger partial charge in [-0.2, -0.15) is 0 Å². The first-order valence-corrected chi connectivity index (χ1v) is 6.56. The van der Waals surface area contributed by atoms with Crippen LogP contribution in [0.15, 0.2) is 24.3 Å². The smallest absolute Gasteiger partial charge is 0.184 e. The highest BCUT2D eigenvalue weighted by Crippen LogP contribution is 2.25. The van der Waals surface area contributed by atoms with Crippen LogP contribution in [0.2, 0.25) is 0 Å². The van der Waals surface area contributed by atoms with E-state index in [2.05, 4.69) is 5.32 Å². The predicted octanol–water partition coefficient (Wildman–Crippen LogP) is 0.736. The first-order chi connectivity index (χ1) is 9.22. The van der Waals surface area contributed by atoms with Gasteiger partial charge < -0.3 is 25.0 Å². The first kappa shape index (κ1) is 14.4. The molecule has 1 aromatic rings. The van der Waals surface area contributed by atoms with Crippen molar-refractivity contribution in [3.63, 3.8) is 0 Å². The molecule has 0 aliphatic carbocycles. The molecule has 19 heavy (non-hydrogen) atoms. The number of nitrogens with one attached hydrogen (secondary N) is 1. The van der Waals surface area contributed by atoms with Crippen LogP contribution in [-0.2, 0) is 9.47 Å². The zero-order chi connectivity index (χ0) is 13.7. The zero-order valence-electron chi connectivity index (χ0n) is 11.1. The molecule has 2 rings (SSSR count). The molecule has 0 amide bonds. The minimum atomic E-state index is -0.868. The van der Waals surface area contributed by atoms with Crippen LogP contribution in [0, 0.1) is 0 Å². The Morgan fingerprint density at radius 1 is 1.21 bits per heavy atom. The Morgan fingerprint density at radius 2 is 1.84 bits per heavy atom. The average molecular weight is 267 g/mol. The Labute approximate surface area is 113 Å². The molecule has 1 saturated heterocycles. The van der Waals surface area contributed by atoms with Crippen molar-refractivity contribution < 1.29 is 19.7 Å². The summed E-state index contributed by atoms with van der Waals surface area (Å²) in [5, 5.41) is 22.8. The average Bonchev–Trinajstić information content (AvgIpc) is 2.98. The van der Waals surface area contributed by atoms with Crippen LogP contribution in [0.1, 0.15) is 29.9 Å². The van der Waals surface area contributed by atoms with Gasteiger partial charge in [0.15, 0.2) is 6.29 Å². The van der Waals surface area contributed by atoms with Gasteiger partial charge in [0.05, 0.1) is 19.3 Å². The topological polar surface area (TPSA) is 71.0 Å². The van der Waals surface area contributed by atoms with Gasteiger partial charge in [0, 0.05) is 5.56 Å². The second-order valence-corrected chi connectivity index (χ2v) is 4.64.